The summed E-state index contributed by atoms with van der Waals surface area (Å²) in [4.78, 5) is 23.3. The van der Waals surface area contributed by atoms with Crippen LogP contribution < -0.4 is 11.2 Å². The second-order valence-corrected chi connectivity index (χ2v) is 6.17. The van der Waals surface area contributed by atoms with Crippen LogP contribution in [0.2, 0.25) is 0 Å². The molecule has 1 heterocycles. The summed E-state index contributed by atoms with van der Waals surface area (Å²) in [5.74, 6) is -0.210. The van der Waals surface area contributed by atoms with Crippen molar-refractivity contribution in [2.75, 3.05) is 12.0 Å². The third-order valence-corrected chi connectivity index (χ3v) is 3.21. The van der Waals surface area contributed by atoms with Crippen LogP contribution in [0.15, 0.2) is 21.9 Å². The molecule has 96 valence electrons. The lowest BCUT2D eigenvalue weighted by Gasteiger charge is -2.08. The van der Waals surface area contributed by atoms with Crippen molar-refractivity contribution in [3.05, 3.63) is 33.1 Å². The number of hydrogen-bond donors (Lipinski definition) is 0. The fourth-order valence-electron chi connectivity index (χ4n) is 1.43. The highest BCUT2D eigenvalue weighted by atomic mass is 32.2. The van der Waals surface area contributed by atoms with E-state index in [1.54, 1.807) is 0 Å². The van der Waals surface area contributed by atoms with Crippen LogP contribution >= 0.6 is 0 Å². The van der Waals surface area contributed by atoms with E-state index in [0.717, 1.165) is 17.2 Å². The molecule has 0 aromatic carbocycles. The first-order valence-electron chi connectivity index (χ1n) is 5.33. The Kier molecular flexibility index (Phi) is 4.28. The van der Waals surface area contributed by atoms with E-state index in [-0.39, 0.29) is 12.3 Å². The van der Waals surface area contributed by atoms with Gasteiger partial charge in [0.2, 0.25) is 0 Å². The number of sulfone groups is 1. The maximum absolute atomic E-state index is 11.8. The van der Waals surface area contributed by atoms with Crippen LogP contribution in [-0.4, -0.2) is 29.6 Å². The SMILES string of the molecule is CCCn1ccc(=O)n(CCS(C)(=O)=O)c1=O. The van der Waals surface area contributed by atoms with Crippen LogP contribution in [0.3, 0.4) is 0 Å². The summed E-state index contributed by atoms with van der Waals surface area (Å²) in [6.45, 7) is 2.33. The van der Waals surface area contributed by atoms with Crippen LogP contribution in [0.4, 0.5) is 0 Å². The Balaban J connectivity index is 3.10. The zero-order chi connectivity index (χ0) is 13.1. The number of nitrogens with zero attached hydrogens (tertiary/aromatic N) is 2. The van der Waals surface area contributed by atoms with Crippen LogP contribution in [0, 0.1) is 0 Å². The molecular weight excluding hydrogens is 244 g/mol. The average molecular weight is 260 g/mol. The monoisotopic (exact) mass is 260 g/mol. The Hall–Kier alpha value is -1.37. The van der Waals surface area contributed by atoms with Crippen LogP contribution in [-0.2, 0) is 22.9 Å². The smallest absolute Gasteiger partial charge is 0.300 e. The summed E-state index contributed by atoms with van der Waals surface area (Å²) in [7, 11) is -3.19. The molecule has 0 N–H and O–H groups in total. The molecule has 0 fully saturated rings. The molecule has 1 aromatic heterocycles. The first-order valence-corrected chi connectivity index (χ1v) is 7.39. The molecule has 6 nitrogen and oxygen atoms in total. The van der Waals surface area contributed by atoms with Crippen molar-refractivity contribution in [3.63, 3.8) is 0 Å². The lowest BCUT2D eigenvalue weighted by molar-refractivity contribution is 0.553. The molecule has 0 spiro atoms. The minimum absolute atomic E-state index is 0.0962. The minimum Gasteiger partial charge on any atom is -0.300 e. The average Bonchev–Trinajstić information content (AvgIpc) is 2.21. The predicted molar refractivity (Wildman–Crippen MR) is 65.0 cm³/mol. The number of rotatable bonds is 5. The topological polar surface area (TPSA) is 78.1 Å². The molecule has 0 atom stereocenters. The zero-order valence-corrected chi connectivity index (χ0v) is 10.7. The normalized spacial score (nSPS) is 11.6. The number of hydrogen-bond acceptors (Lipinski definition) is 4. The van der Waals surface area contributed by atoms with Gasteiger partial charge in [-0.15, -0.1) is 0 Å². The van der Waals surface area contributed by atoms with E-state index in [9.17, 15) is 18.0 Å². The van der Waals surface area contributed by atoms with E-state index in [1.165, 1.54) is 16.8 Å². The second-order valence-electron chi connectivity index (χ2n) is 3.91. The van der Waals surface area contributed by atoms with Crippen molar-refractivity contribution in [1.29, 1.82) is 0 Å². The van der Waals surface area contributed by atoms with E-state index in [2.05, 4.69) is 0 Å². The zero-order valence-electron chi connectivity index (χ0n) is 9.92. The molecule has 17 heavy (non-hydrogen) atoms. The van der Waals surface area contributed by atoms with E-state index in [4.69, 9.17) is 0 Å². The van der Waals surface area contributed by atoms with Crippen molar-refractivity contribution in [3.8, 4) is 0 Å². The summed E-state index contributed by atoms with van der Waals surface area (Å²) in [6.07, 6.45) is 3.28. The molecule has 0 amide bonds. The molecule has 0 saturated heterocycles. The molecule has 0 unspecified atom stereocenters. The van der Waals surface area contributed by atoms with Crippen molar-refractivity contribution >= 4 is 9.84 Å². The fourth-order valence-corrected chi connectivity index (χ4v) is 1.95. The highest BCUT2D eigenvalue weighted by Gasteiger charge is 2.08. The summed E-state index contributed by atoms with van der Waals surface area (Å²) in [5, 5.41) is 0. The summed E-state index contributed by atoms with van der Waals surface area (Å²) >= 11 is 0. The Morgan fingerprint density at radius 2 is 1.88 bits per heavy atom. The van der Waals surface area contributed by atoms with Gasteiger partial charge in [0.25, 0.3) is 5.56 Å². The van der Waals surface area contributed by atoms with E-state index >= 15 is 0 Å². The van der Waals surface area contributed by atoms with Gasteiger partial charge in [0.05, 0.1) is 5.75 Å². The van der Waals surface area contributed by atoms with Gasteiger partial charge in [-0.25, -0.2) is 13.2 Å². The maximum Gasteiger partial charge on any atom is 0.330 e. The van der Waals surface area contributed by atoms with Crippen molar-refractivity contribution in [2.24, 2.45) is 0 Å². The molecule has 0 saturated carbocycles. The number of aromatic nitrogens is 2. The standard InChI is InChI=1S/C10H16N2O4S/c1-3-5-11-6-4-9(13)12(10(11)14)7-8-17(2,15)16/h4,6H,3,5,7-8H2,1-2H3. The highest BCUT2D eigenvalue weighted by molar-refractivity contribution is 7.90. The molecule has 7 heteroatoms. The van der Waals surface area contributed by atoms with E-state index in [1.807, 2.05) is 6.92 Å². The molecule has 0 aliphatic heterocycles. The van der Waals surface area contributed by atoms with E-state index in [0.29, 0.717) is 6.54 Å². The Bertz CT molecular complexity index is 597. The fraction of sp³-hybridized carbons (Fsp3) is 0.600. The van der Waals surface area contributed by atoms with Crippen molar-refractivity contribution in [2.45, 2.75) is 26.4 Å². The Morgan fingerprint density at radius 1 is 1.24 bits per heavy atom. The highest BCUT2D eigenvalue weighted by Crippen LogP contribution is 1.87. The maximum atomic E-state index is 11.8. The van der Waals surface area contributed by atoms with Crippen LogP contribution in [0.1, 0.15) is 13.3 Å². The van der Waals surface area contributed by atoms with Gasteiger partial charge in [-0.1, -0.05) is 6.92 Å². The lowest BCUT2D eigenvalue weighted by atomic mass is 10.4. The second kappa shape index (κ2) is 5.31. The van der Waals surface area contributed by atoms with Gasteiger partial charge in [-0.2, -0.15) is 0 Å². The first-order chi connectivity index (χ1) is 7.85. The van der Waals surface area contributed by atoms with Gasteiger partial charge in [-0.05, 0) is 6.42 Å². The summed E-state index contributed by atoms with van der Waals surface area (Å²) in [5.41, 5.74) is -0.922. The largest absolute Gasteiger partial charge is 0.330 e. The predicted octanol–water partition coefficient (Wildman–Crippen LogP) is -0.535. The van der Waals surface area contributed by atoms with Gasteiger partial charge in [0.1, 0.15) is 9.84 Å². The lowest BCUT2D eigenvalue weighted by Crippen LogP contribution is -2.40. The minimum atomic E-state index is -3.19. The van der Waals surface area contributed by atoms with Gasteiger partial charge in [0.15, 0.2) is 0 Å². The van der Waals surface area contributed by atoms with Gasteiger partial charge >= 0.3 is 5.69 Å². The van der Waals surface area contributed by atoms with Gasteiger partial charge < -0.3 is 4.57 Å². The summed E-state index contributed by atoms with van der Waals surface area (Å²) < 4.78 is 24.4. The quantitative estimate of drug-likeness (QED) is 0.712. The van der Waals surface area contributed by atoms with Crippen LogP contribution in [0.5, 0.6) is 0 Å². The Morgan fingerprint density at radius 3 is 2.41 bits per heavy atom. The van der Waals surface area contributed by atoms with Crippen LogP contribution in [0.25, 0.3) is 0 Å². The molecule has 0 aliphatic rings. The van der Waals surface area contributed by atoms with Crippen molar-refractivity contribution < 1.29 is 8.42 Å². The molecule has 0 bridgehead atoms. The Labute approximate surface area is 99.4 Å². The van der Waals surface area contributed by atoms with Gasteiger partial charge in [0, 0.05) is 31.6 Å². The molecule has 0 aliphatic carbocycles. The van der Waals surface area contributed by atoms with E-state index < -0.39 is 21.1 Å². The third-order valence-electron chi connectivity index (χ3n) is 2.29. The van der Waals surface area contributed by atoms with Gasteiger partial charge in [-0.3, -0.25) is 9.36 Å². The first kappa shape index (κ1) is 13.7. The summed E-state index contributed by atoms with van der Waals surface area (Å²) in [6, 6.07) is 1.28. The number of aryl methyl sites for hydroxylation is 1. The third kappa shape index (κ3) is 3.85. The molecule has 1 aromatic rings. The molecule has 1 rings (SSSR count). The van der Waals surface area contributed by atoms with Crippen molar-refractivity contribution in [1.82, 2.24) is 9.13 Å². The molecule has 0 radical (unpaired) electrons. The molecular formula is C10H16N2O4S.